The first-order chi connectivity index (χ1) is 16.5. The monoisotopic (exact) mass is 479 g/mol. The number of aromatic amines is 1. The molecule has 1 aliphatic heterocycles. The second-order valence-electron chi connectivity index (χ2n) is 8.31. The third kappa shape index (κ3) is 4.87. The fraction of sp³-hybridized carbons (Fsp3) is 0.385. The maximum Gasteiger partial charge on any atom is 0.325 e. The van der Waals surface area contributed by atoms with E-state index in [1.54, 1.807) is 16.5 Å². The highest BCUT2D eigenvalue weighted by molar-refractivity contribution is 7.99. The van der Waals surface area contributed by atoms with Crippen molar-refractivity contribution in [3.8, 4) is 17.0 Å². The van der Waals surface area contributed by atoms with Crippen molar-refractivity contribution in [1.82, 2.24) is 10.1 Å². The standard InChI is InChI=1S/C26H30N4O3S/c1-4-6-9-17-34-26-27-24(32)23-21-10-7-8-11-22(21)29(18(3)31)25(30(23)28-26)19-12-14-20(15-13-19)33-16-5-2/h7-8,10-15,25H,4-6,9,16-17H2,1-3H3/p+1/t25-/m0/s1. The van der Waals surface area contributed by atoms with Crippen LogP contribution < -0.4 is 19.9 Å². The Morgan fingerprint density at radius 3 is 2.59 bits per heavy atom. The predicted octanol–water partition coefficient (Wildman–Crippen LogP) is 4.71. The molecule has 1 aromatic heterocycles. The van der Waals surface area contributed by atoms with E-state index in [9.17, 15) is 9.59 Å². The van der Waals surface area contributed by atoms with Crippen LogP contribution >= 0.6 is 11.8 Å². The van der Waals surface area contributed by atoms with Gasteiger partial charge in [0.1, 0.15) is 5.75 Å². The highest BCUT2D eigenvalue weighted by atomic mass is 32.2. The van der Waals surface area contributed by atoms with Crippen LogP contribution in [-0.2, 0) is 4.79 Å². The van der Waals surface area contributed by atoms with Crippen LogP contribution in [0.5, 0.6) is 5.75 Å². The molecule has 7 nitrogen and oxygen atoms in total. The first-order valence-electron chi connectivity index (χ1n) is 11.9. The van der Waals surface area contributed by atoms with Crippen molar-refractivity contribution in [2.75, 3.05) is 17.3 Å². The number of aromatic nitrogens is 3. The summed E-state index contributed by atoms with van der Waals surface area (Å²) in [5.41, 5.74) is 2.47. The lowest BCUT2D eigenvalue weighted by Crippen LogP contribution is -2.60. The highest BCUT2D eigenvalue weighted by Gasteiger charge is 2.44. The summed E-state index contributed by atoms with van der Waals surface area (Å²) < 4.78 is 7.44. The van der Waals surface area contributed by atoms with Gasteiger partial charge in [0.2, 0.25) is 11.1 Å². The number of benzene rings is 2. The van der Waals surface area contributed by atoms with Crippen LogP contribution in [-0.4, -0.2) is 28.3 Å². The van der Waals surface area contributed by atoms with E-state index < -0.39 is 6.17 Å². The average molecular weight is 480 g/mol. The van der Waals surface area contributed by atoms with Crippen LogP contribution in [0.3, 0.4) is 0 Å². The molecule has 1 aliphatic rings. The van der Waals surface area contributed by atoms with E-state index in [2.05, 4.69) is 18.8 Å². The highest BCUT2D eigenvalue weighted by Crippen LogP contribution is 2.37. The maximum atomic E-state index is 13.3. The number of carbonyl (C=O) groups is 1. The zero-order valence-corrected chi connectivity index (χ0v) is 20.7. The number of carbonyl (C=O) groups excluding carboxylic acids is 1. The van der Waals surface area contributed by atoms with Crippen LogP contribution in [0.1, 0.15) is 58.2 Å². The topological polar surface area (TPSA) is 79.2 Å². The fourth-order valence-electron chi connectivity index (χ4n) is 4.16. The van der Waals surface area contributed by atoms with E-state index in [1.807, 2.05) is 48.5 Å². The Morgan fingerprint density at radius 1 is 1.12 bits per heavy atom. The number of nitrogens with zero attached hydrogens (tertiary/aromatic N) is 3. The first-order valence-corrected chi connectivity index (χ1v) is 12.8. The van der Waals surface area contributed by atoms with Crippen molar-refractivity contribution in [2.24, 2.45) is 0 Å². The quantitative estimate of drug-likeness (QED) is 0.273. The smallest absolute Gasteiger partial charge is 0.325 e. The predicted molar refractivity (Wildman–Crippen MR) is 134 cm³/mol. The third-order valence-electron chi connectivity index (χ3n) is 5.74. The second kappa shape index (κ2) is 10.9. The lowest BCUT2D eigenvalue weighted by Gasteiger charge is -2.31. The number of rotatable bonds is 9. The number of hydrogen-bond acceptors (Lipinski definition) is 5. The number of anilines is 1. The summed E-state index contributed by atoms with van der Waals surface area (Å²) in [6.07, 6.45) is 3.66. The van der Waals surface area contributed by atoms with E-state index in [0.29, 0.717) is 28.7 Å². The summed E-state index contributed by atoms with van der Waals surface area (Å²) >= 11 is 1.54. The van der Waals surface area contributed by atoms with E-state index in [0.717, 1.165) is 42.7 Å². The molecule has 8 heteroatoms. The van der Waals surface area contributed by atoms with Crippen LogP contribution in [0.2, 0.25) is 0 Å². The summed E-state index contributed by atoms with van der Waals surface area (Å²) in [6.45, 7) is 6.41. The molecule has 0 bridgehead atoms. The lowest BCUT2D eigenvalue weighted by atomic mass is 10.0. The van der Waals surface area contributed by atoms with Crippen LogP contribution in [0.4, 0.5) is 5.69 Å². The zero-order chi connectivity index (χ0) is 24.1. The van der Waals surface area contributed by atoms with Gasteiger partial charge >= 0.3 is 11.3 Å². The van der Waals surface area contributed by atoms with Gasteiger partial charge in [-0.2, -0.15) is 0 Å². The Balaban J connectivity index is 1.84. The summed E-state index contributed by atoms with van der Waals surface area (Å²) in [7, 11) is 0. The second-order valence-corrected chi connectivity index (χ2v) is 9.39. The van der Waals surface area contributed by atoms with Crippen LogP contribution in [0.15, 0.2) is 58.5 Å². The minimum Gasteiger partial charge on any atom is -0.494 e. The van der Waals surface area contributed by atoms with Gasteiger partial charge in [-0.3, -0.25) is 14.6 Å². The molecule has 1 amide bonds. The van der Waals surface area contributed by atoms with Crippen molar-refractivity contribution >= 4 is 23.4 Å². The number of unbranched alkanes of at least 4 members (excludes halogenated alkanes) is 2. The third-order valence-corrected chi connectivity index (χ3v) is 6.69. The van der Waals surface area contributed by atoms with Crippen molar-refractivity contribution < 1.29 is 14.2 Å². The van der Waals surface area contributed by atoms with Crippen molar-refractivity contribution in [2.45, 2.75) is 57.8 Å². The van der Waals surface area contributed by atoms with Gasteiger partial charge in [-0.25, -0.2) is 4.90 Å². The molecule has 4 rings (SSSR count). The Hall–Kier alpha value is -3.13. The maximum absolute atomic E-state index is 13.3. The Kier molecular flexibility index (Phi) is 7.67. The molecule has 2 aromatic carbocycles. The number of fused-ring (bicyclic) bond motifs is 3. The normalized spacial score (nSPS) is 14.4. The van der Waals surface area contributed by atoms with Crippen LogP contribution in [0, 0.1) is 0 Å². The number of nitrogens with one attached hydrogen (secondary N) is 1. The summed E-state index contributed by atoms with van der Waals surface area (Å²) in [5, 5.41) is 5.39. The average Bonchev–Trinajstić information content (AvgIpc) is 2.84. The molecule has 3 aromatic rings. The van der Waals surface area contributed by atoms with Gasteiger partial charge in [0, 0.05) is 23.3 Å². The number of H-pyrrole nitrogens is 1. The minimum absolute atomic E-state index is 0.124. The van der Waals surface area contributed by atoms with Crippen LogP contribution in [0.25, 0.3) is 11.3 Å². The van der Waals surface area contributed by atoms with E-state index in [-0.39, 0.29) is 11.5 Å². The summed E-state index contributed by atoms with van der Waals surface area (Å²) in [6, 6.07) is 15.2. The minimum atomic E-state index is -0.583. The first kappa shape index (κ1) is 24.0. The SMILES string of the molecule is CCCCCSc1n[n+]2c(c(=O)[nH]1)-c1ccccc1N(C(C)=O)[C@@H]2c1ccc(OCCC)cc1. The number of thioether (sulfide) groups is 1. The molecule has 0 saturated carbocycles. The molecule has 1 atom stereocenters. The zero-order valence-electron chi connectivity index (χ0n) is 19.9. The Morgan fingerprint density at radius 2 is 1.88 bits per heavy atom. The molecule has 0 unspecified atom stereocenters. The van der Waals surface area contributed by atoms with Gasteiger partial charge in [-0.05, 0) is 53.9 Å². The number of hydrogen-bond donors (Lipinski definition) is 1. The molecular weight excluding hydrogens is 448 g/mol. The molecule has 0 radical (unpaired) electrons. The molecule has 0 aliphatic carbocycles. The number of amides is 1. The lowest BCUT2D eigenvalue weighted by molar-refractivity contribution is -0.763. The van der Waals surface area contributed by atoms with E-state index in [1.165, 1.54) is 11.8 Å². The molecule has 2 heterocycles. The van der Waals surface area contributed by atoms with E-state index in [4.69, 9.17) is 9.84 Å². The molecule has 0 saturated heterocycles. The van der Waals surface area contributed by atoms with Gasteiger partial charge in [0.05, 0.1) is 17.9 Å². The largest absolute Gasteiger partial charge is 0.494 e. The number of para-hydroxylation sites is 1. The van der Waals surface area contributed by atoms with Gasteiger partial charge in [-0.1, -0.05) is 50.6 Å². The molecule has 0 fully saturated rings. The van der Waals surface area contributed by atoms with Crippen molar-refractivity contribution in [1.29, 1.82) is 0 Å². The van der Waals surface area contributed by atoms with Crippen molar-refractivity contribution in [3.63, 3.8) is 0 Å². The molecule has 1 N–H and O–H groups in total. The van der Waals surface area contributed by atoms with Gasteiger partial charge in [0.25, 0.3) is 6.17 Å². The van der Waals surface area contributed by atoms with Crippen molar-refractivity contribution in [3.05, 3.63) is 64.4 Å². The Bertz CT molecular complexity index is 1210. The molecular formula is C26H31N4O3S+. The number of ether oxygens (including phenoxy) is 1. The Labute approximate surface area is 204 Å². The molecule has 34 heavy (non-hydrogen) atoms. The summed E-state index contributed by atoms with van der Waals surface area (Å²) in [4.78, 5) is 30.9. The van der Waals surface area contributed by atoms with E-state index >= 15 is 0 Å². The van der Waals surface area contributed by atoms with Gasteiger partial charge < -0.3 is 4.74 Å². The molecule has 178 valence electrons. The molecule has 0 spiro atoms. The van der Waals surface area contributed by atoms with Gasteiger partial charge in [0.15, 0.2) is 0 Å². The summed E-state index contributed by atoms with van der Waals surface area (Å²) in [5.74, 6) is 1.52. The van der Waals surface area contributed by atoms with Gasteiger partial charge in [-0.15, -0.1) is 0 Å². The fourth-order valence-corrected chi connectivity index (χ4v) is 5.01.